The first kappa shape index (κ1) is 15.1. The Morgan fingerprint density at radius 3 is 2.67 bits per heavy atom. The van der Waals surface area contributed by atoms with E-state index in [9.17, 15) is 13.2 Å². The average Bonchev–Trinajstić information content (AvgIpc) is 2.29. The SMILES string of the molecule is CC1CNCCN1c1cccc(C(F)(F)F)c1.Cl. The number of benzene rings is 1. The summed E-state index contributed by atoms with van der Waals surface area (Å²) in [6.45, 7) is 4.35. The molecule has 1 heterocycles. The summed E-state index contributed by atoms with van der Waals surface area (Å²) in [5.74, 6) is 0. The summed E-state index contributed by atoms with van der Waals surface area (Å²) in [5, 5.41) is 3.22. The maximum atomic E-state index is 12.6. The summed E-state index contributed by atoms with van der Waals surface area (Å²) in [7, 11) is 0. The standard InChI is InChI=1S/C12H15F3N2.ClH/c1-9-8-16-5-6-17(9)11-4-2-3-10(7-11)12(13,14)15;/h2-4,7,9,16H,5-6,8H2,1H3;1H. The minimum atomic E-state index is -4.27. The summed E-state index contributed by atoms with van der Waals surface area (Å²) in [6, 6.07) is 5.74. The number of hydrogen-bond donors (Lipinski definition) is 1. The van der Waals surface area contributed by atoms with Crippen molar-refractivity contribution in [1.29, 1.82) is 0 Å². The van der Waals surface area contributed by atoms with Crippen molar-refractivity contribution in [3.63, 3.8) is 0 Å². The molecule has 1 N–H and O–H groups in total. The van der Waals surface area contributed by atoms with E-state index in [-0.39, 0.29) is 18.4 Å². The van der Waals surface area contributed by atoms with Gasteiger partial charge in [-0.3, -0.25) is 0 Å². The van der Waals surface area contributed by atoms with Gasteiger partial charge >= 0.3 is 6.18 Å². The third kappa shape index (κ3) is 3.29. The van der Waals surface area contributed by atoms with E-state index in [2.05, 4.69) is 5.32 Å². The first-order valence-corrected chi connectivity index (χ1v) is 5.63. The molecule has 2 nitrogen and oxygen atoms in total. The van der Waals surface area contributed by atoms with Crippen LogP contribution in [0, 0.1) is 0 Å². The van der Waals surface area contributed by atoms with Gasteiger partial charge in [0.1, 0.15) is 0 Å². The van der Waals surface area contributed by atoms with Gasteiger partial charge in [0.25, 0.3) is 0 Å². The normalized spacial score (nSPS) is 20.4. The zero-order valence-corrected chi connectivity index (χ0v) is 10.8. The third-order valence-corrected chi connectivity index (χ3v) is 3.01. The molecule has 1 unspecified atom stereocenters. The topological polar surface area (TPSA) is 15.3 Å². The van der Waals surface area contributed by atoms with E-state index < -0.39 is 11.7 Å². The van der Waals surface area contributed by atoms with Gasteiger partial charge in [0.15, 0.2) is 0 Å². The van der Waals surface area contributed by atoms with Crippen molar-refractivity contribution >= 4 is 18.1 Å². The van der Waals surface area contributed by atoms with Crippen LogP contribution in [0.2, 0.25) is 0 Å². The number of piperazine rings is 1. The number of anilines is 1. The molecule has 1 aromatic carbocycles. The maximum Gasteiger partial charge on any atom is 0.416 e. The monoisotopic (exact) mass is 280 g/mol. The number of nitrogens with zero attached hydrogens (tertiary/aromatic N) is 1. The van der Waals surface area contributed by atoms with Crippen molar-refractivity contribution in [2.45, 2.75) is 19.1 Å². The van der Waals surface area contributed by atoms with Crippen LogP contribution in [0.25, 0.3) is 0 Å². The highest BCUT2D eigenvalue weighted by Crippen LogP contribution is 2.32. The zero-order chi connectivity index (χ0) is 12.5. The second-order valence-electron chi connectivity index (χ2n) is 4.29. The van der Waals surface area contributed by atoms with Crippen LogP contribution in [0.1, 0.15) is 12.5 Å². The zero-order valence-electron chi connectivity index (χ0n) is 10.00. The van der Waals surface area contributed by atoms with E-state index in [4.69, 9.17) is 0 Å². The molecule has 0 aromatic heterocycles. The number of alkyl halides is 3. The Morgan fingerprint density at radius 2 is 2.06 bits per heavy atom. The van der Waals surface area contributed by atoms with Crippen LogP contribution in [0.15, 0.2) is 24.3 Å². The van der Waals surface area contributed by atoms with Gasteiger partial charge in [0.2, 0.25) is 0 Å². The Hall–Kier alpha value is -0.940. The molecule has 102 valence electrons. The number of nitrogens with one attached hydrogen (secondary N) is 1. The maximum absolute atomic E-state index is 12.6. The molecule has 0 amide bonds. The van der Waals surface area contributed by atoms with Crippen molar-refractivity contribution < 1.29 is 13.2 Å². The molecule has 0 aliphatic carbocycles. The molecule has 0 radical (unpaired) electrons. The van der Waals surface area contributed by atoms with Crippen LogP contribution in [-0.4, -0.2) is 25.7 Å². The Kier molecular flexibility index (Phi) is 4.87. The van der Waals surface area contributed by atoms with Crippen molar-refractivity contribution in [2.24, 2.45) is 0 Å². The van der Waals surface area contributed by atoms with Crippen molar-refractivity contribution in [3.8, 4) is 0 Å². The van der Waals surface area contributed by atoms with Gasteiger partial charge in [-0.05, 0) is 25.1 Å². The van der Waals surface area contributed by atoms with Crippen LogP contribution < -0.4 is 10.2 Å². The van der Waals surface area contributed by atoms with Crippen LogP contribution in [-0.2, 0) is 6.18 Å². The molecule has 0 bridgehead atoms. The highest BCUT2D eigenvalue weighted by Gasteiger charge is 2.31. The Bertz CT molecular complexity index is 395. The minimum absolute atomic E-state index is 0. The fraction of sp³-hybridized carbons (Fsp3) is 0.500. The van der Waals surface area contributed by atoms with Crippen LogP contribution in [0.4, 0.5) is 18.9 Å². The minimum Gasteiger partial charge on any atom is -0.366 e. The van der Waals surface area contributed by atoms with E-state index in [1.54, 1.807) is 6.07 Å². The fourth-order valence-electron chi connectivity index (χ4n) is 2.09. The molecule has 1 aromatic rings. The Labute approximate surface area is 111 Å². The first-order valence-electron chi connectivity index (χ1n) is 5.63. The number of hydrogen-bond acceptors (Lipinski definition) is 2. The van der Waals surface area contributed by atoms with Crippen molar-refractivity contribution in [1.82, 2.24) is 5.32 Å². The summed E-state index contributed by atoms with van der Waals surface area (Å²) < 4.78 is 37.8. The molecular formula is C12H16ClF3N2. The second-order valence-corrected chi connectivity index (χ2v) is 4.29. The third-order valence-electron chi connectivity index (χ3n) is 3.01. The summed E-state index contributed by atoms with van der Waals surface area (Å²) in [4.78, 5) is 2.01. The smallest absolute Gasteiger partial charge is 0.366 e. The Balaban J connectivity index is 0.00000162. The van der Waals surface area contributed by atoms with Gasteiger partial charge in [-0.15, -0.1) is 12.4 Å². The van der Waals surface area contributed by atoms with Crippen molar-refractivity contribution in [3.05, 3.63) is 29.8 Å². The average molecular weight is 281 g/mol. The van der Waals surface area contributed by atoms with Gasteiger partial charge < -0.3 is 10.2 Å². The fourth-order valence-corrected chi connectivity index (χ4v) is 2.09. The van der Waals surface area contributed by atoms with Gasteiger partial charge in [-0.2, -0.15) is 13.2 Å². The lowest BCUT2D eigenvalue weighted by atomic mass is 10.1. The molecule has 2 rings (SSSR count). The molecule has 1 aliphatic heterocycles. The lowest BCUT2D eigenvalue weighted by Gasteiger charge is -2.36. The predicted octanol–water partition coefficient (Wildman–Crippen LogP) is 2.93. The van der Waals surface area contributed by atoms with E-state index in [1.165, 1.54) is 12.1 Å². The van der Waals surface area contributed by atoms with Crippen LogP contribution in [0.5, 0.6) is 0 Å². The van der Waals surface area contributed by atoms with E-state index in [0.717, 1.165) is 25.7 Å². The predicted molar refractivity (Wildman–Crippen MR) is 68.4 cm³/mol. The molecule has 0 spiro atoms. The van der Waals surface area contributed by atoms with E-state index in [1.807, 2.05) is 11.8 Å². The van der Waals surface area contributed by atoms with Crippen molar-refractivity contribution in [2.75, 3.05) is 24.5 Å². The Morgan fingerprint density at radius 1 is 1.33 bits per heavy atom. The van der Waals surface area contributed by atoms with Crippen LogP contribution >= 0.6 is 12.4 Å². The number of rotatable bonds is 1. The van der Waals surface area contributed by atoms with Gasteiger partial charge in [0, 0.05) is 31.4 Å². The lowest BCUT2D eigenvalue weighted by molar-refractivity contribution is -0.137. The van der Waals surface area contributed by atoms with Gasteiger partial charge in [0.05, 0.1) is 5.56 Å². The molecule has 18 heavy (non-hydrogen) atoms. The molecule has 6 heteroatoms. The largest absolute Gasteiger partial charge is 0.416 e. The molecule has 1 fully saturated rings. The number of halogens is 4. The molecule has 1 atom stereocenters. The van der Waals surface area contributed by atoms with E-state index in [0.29, 0.717) is 5.69 Å². The summed E-state index contributed by atoms with van der Waals surface area (Å²) >= 11 is 0. The van der Waals surface area contributed by atoms with E-state index >= 15 is 0 Å². The second kappa shape index (κ2) is 5.80. The molecular weight excluding hydrogens is 265 g/mol. The van der Waals surface area contributed by atoms with Gasteiger partial charge in [-0.25, -0.2) is 0 Å². The highest BCUT2D eigenvalue weighted by molar-refractivity contribution is 5.85. The lowest BCUT2D eigenvalue weighted by Crippen LogP contribution is -2.49. The summed E-state index contributed by atoms with van der Waals surface area (Å²) in [6.07, 6.45) is -4.27. The quantitative estimate of drug-likeness (QED) is 0.851. The summed E-state index contributed by atoms with van der Waals surface area (Å²) in [5.41, 5.74) is 0.0644. The van der Waals surface area contributed by atoms with Crippen LogP contribution in [0.3, 0.4) is 0 Å². The molecule has 1 aliphatic rings. The van der Waals surface area contributed by atoms with Gasteiger partial charge in [-0.1, -0.05) is 6.07 Å². The molecule has 1 saturated heterocycles. The first-order chi connectivity index (χ1) is 7.98. The highest BCUT2D eigenvalue weighted by atomic mass is 35.5. The molecule has 0 saturated carbocycles.